The van der Waals surface area contributed by atoms with Gasteiger partial charge in [0.15, 0.2) is 0 Å². The van der Waals surface area contributed by atoms with Crippen LogP contribution in [0.3, 0.4) is 0 Å². The van der Waals surface area contributed by atoms with Crippen molar-refractivity contribution in [1.82, 2.24) is 8.69 Å². The topological polar surface area (TPSA) is 58.2 Å². The van der Waals surface area contributed by atoms with Crippen molar-refractivity contribution >= 4 is 44.1 Å². The summed E-state index contributed by atoms with van der Waals surface area (Å²) in [4.78, 5) is 21.0. The van der Waals surface area contributed by atoms with Crippen molar-refractivity contribution in [1.29, 1.82) is 0 Å². The third-order valence-electron chi connectivity index (χ3n) is 0.790. The van der Waals surface area contributed by atoms with Crippen LogP contribution >= 0.6 is 32.3 Å². The molecule has 10 heavy (non-hydrogen) atoms. The lowest BCUT2D eigenvalue weighted by Gasteiger charge is -1.95. The second kappa shape index (κ2) is 5.67. The summed E-state index contributed by atoms with van der Waals surface area (Å²) < 4.78 is 4.45. The molecule has 0 atom stereocenters. The first kappa shape index (κ1) is 9.90. The Kier molecular flexibility index (Phi) is 5.61. The molecule has 0 aliphatic carbocycles. The average molecular weight is 274 g/mol. The molecule has 0 aliphatic heterocycles. The standard InChI is InChI=1S/C4H6Br2N2O2/c5-7-3(9)1-2-4(10)8-6/h1-2H2,(H,7,9)(H,8,10). The Morgan fingerprint density at radius 1 is 1.00 bits per heavy atom. The Bertz CT molecular complexity index is 123. The first-order valence-corrected chi connectivity index (χ1v) is 4.08. The van der Waals surface area contributed by atoms with Crippen molar-refractivity contribution in [3.05, 3.63) is 0 Å². The minimum absolute atomic E-state index is 0.183. The largest absolute Gasteiger partial charge is 0.293 e. The Labute approximate surface area is 75.4 Å². The second-order valence-corrected chi connectivity index (χ2v) is 2.33. The van der Waals surface area contributed by atoms with Crippen molar-refractivity contribution < 1.29 is 9.59 Å². The highest BCUT2D eigenvalue weighted by Gasteiger charge is 2.02. The summed E-state index contributed by atoms with van der Waals surface area (Å²) in [5, 5.41) is 0. The molecule has 58 valence electrons. The van der Waals surface area contributed by atoms with E-state index < -0.39 is 0 Å². The molecule has 2 amide bonds. The van der Waals surface area contributed by atoms with Gasteiger partial charge in [0.05, 0.1) is 0 Å². The summed E-state index contributed by atoms with van der Waals surface area (Å²) in [6, 6.07) is 0. The monoisotopic (exact) mass is 272 g/mol. The number of hydrogen-bond acceptors (Lipinski definition) is 2. The Morgan fingerprint density at radius 3 is 1.50 bits per heavy atom. The average Bonchev–Trinajstić information content (AvgIpc) is 1.99. The number of carbonyl (C=O) groups is 2. The van der Waals surface area contributed by atoms with E-state index in [1.807, 2.05) is 0 Å². The number of halogens is 2. The Balaban J connectivity index is 3.35. The molecule has 0 aromatic rings. The van der Waals surface area contributed by atoms with E-state index >= 15 is 0 Å². The molecule has 0 aliphatic rings. The van der Waals surface area contributed by atoms with Gasteiger partial charge in [-0.15, -0.1) is 0 Å². The van der Waals surface area contributed by atoms with Crippen molar-refractivity contribution in [2.45, 2.75) is 12.8 Å². The van der Waals surface area contributed by atoms with E-state index in [9.17, 15) is 9.59 Å². The zero-order chi connectivity index (χ0) is 7.98. The molecule has 0 fully saturated rings. The fourth-order valence-electron chi connectivity index (χ4n) is 0.322. The van der Waals surface area contributed by atoms with Gasteiger partial charge in [-0.1, -0.05) is 0 Å². The lowest BCUT2D eigenvalue weighted by Crippen LogP contribution is -2.17. The van der Waals surface area contributed by atoms with E-state index in [0.29, 0.717) is 0 Å². The van der Waals surface area contributed by atoms with E-state index in [-0.39, 0.29) is 24.7 Å². The van der Waals surface area contributed by atoms with Crippen LogP contribution in [0.15, 0.2) is 0 Å². The molecule has 0 saturated heterocycles. The van der Waals surface area contributed by atoms with Gasteiger partial charge in [0.1, 0.15) is 0 Å². The van der Waals surface area contributed by atoms with Gasteiger partial charge in [-0.05, 0) is 0 Å². The van der Waals surface area contributed by atoms with Crippen molar-refractivity contribution in [3.8, 4) is 0 Å². The number of amides is 2. The number of hydrogen-bond donors (Lipinski definition) is 2. The normalized spacial score (nSPS) is 8.60. The zero-order valence-corrected chi connectivity index (χ0v) is 8.16. The number of carbonyl (C=O) groups excluding carboxylic acids is 2. The van der Waals surface area contributed by atoms with Gasteiger partial charge in [0.2, 0.25) is 11.8 Å². The van der Waals surface area contributed by atoms with Gasteiger partial charge in [0.25, 0.3) is 0 Å². The molecular formula is C4H6Br2N2O2. The van der Waals surface area contributed by atoms with Crippen LogP contribution in [0.5, 0.6) is 0 Å². The molecule has 0 spiro atoms. The first-order valence-electron chi connectivity index (χ1n) is 2.49. The summed E-state index contributed by atoms with van der Waals surface area (Å²) in [6.07, 6.45) is 0.366. The van der Waals surface area contributed by atoms with E-state index in [0.717, 1.165) is 0 Å². The van der Waals surface area contributed by atoms with Crippen LogP contribution < -0.4 is 8.69 Å². The zero-order valence-electron chi connectivity index (χ0n) is 4.99. The molecule has 0 aromatic carbocycles. The maximum Gasteiger partial charge on any atom is 0.230 e. The summed E-state index contributed by atoms with van der Waals surface area (Å²) >= 11 is 5.49. The third kappa shape index (κ3) is 4.75. The van der Waals surface area contributed by atoms with Gasteiger partial charge in [-0.3, -0.25) is 18.3 Å². The third-order valence-corrected chi connectivity index (χ3v) is 1.67. The van der Waals surface area contributed by atoms with E-state index in [1.54, 1.807) is 0 Å². The summed E-state index contributed by atoms with van der Waals surface area (Å²) in [6.45, 7) is 0. The van der Waals surface area contributed by atoms with Crippen LogP contribution in [0.25, 0.3) is 0 Å². The van der Waals surface area contributed by atoms with Gasteiger partial charge in [-0.25, -0.2) is 0 Å². The highest BCUT2D eigenvalue weighted by atomic mass is 79.9. The van der Waals surface area contributed by atoms with Gasteiger partial charge in [-0.2, -0.15) is 0 Å². The Morgan fingerprint density at radius 2 is 1.30 bits per heavy atom. The maximum atomic E-state index is 10.5. The van der Waals surface area contributed by atoms with E-state index in [2.05, 4.69) is 41.0 Å². The molecule has 0 heterocycles. The smallest absolute Gasteiger partial charge is 0.230 e. The second-order valence-electron chi connectivity index (χ2n) is 1.54. The van der Waals surface area contributed by atoms with E-state index in [1.165, 1.54) is 0 Å². The van der Waals surface area contributed by atoms with E-state index in [4.69, 9.17) is 0 Å². The first-order chi connectivity index (χ1) is 4.70. The summed E-state index contributed by atoms with van der Waals surface area (Å²) in [7, 11) is 0. The maximum absolute atomic E-state index is 10.5. The van der Waals surface area contributed by atoms with Gasteiger partial charge in [0, 0.05) is 45.1 Å². The van der Waals surface area contributed by atoms with Crippen molar-refractivity contribution in [2.24, 2.45) is 0 Å². The minimum Gasteiger partial charge on any atom is -0.293 e. The molecule has 4 nitrogen and oxygen atoms in total. The summed E-state index contributed by atoms with van der Waals surface area (Å²) in [5.74, 6) is -0.424. The van der Waals surface area contributed by atoms with Crippen LogP contribution in [0.2, 0.25) is 0 Å². The van der Waals surface area contributed by atoms with Gasteiger partial charge < -0.3 is 0 Å². The molecule has 0 unspecified atom stereocenters. The van der Waals surface area contributed by atoms with Crippen LogP contribution in [-0.4, -0.2) is 11.8 Å². The molecule has 0 radical (unpaired) electrons. The lowest BCUT2D eigenvalue weighted by molar-refractivity contribution is -0.124. The molecule has 6 heteroatoms. The molecule has 0 aromatic heterocycles. The van der Waals surface area contributed by atoms with Crippen LogP contribution in [0.1, 0.15) is 12.8 Å². The SMILES string of the molecule is O=C(CCC(=O)NBr)NBr. The van der Waals surface area contributed by atoms with Crippen LogP contribution in [-0.2, 0) is 9.59 Å². The quantitative estimate of drug-likeness (QED) is 0.741. The lowest BCUT2D eigenvalue weighted by atomic mass is 10.3. The molecule has 0 saturated carbocycles. The fraction of sp³-hybridized carbons (Fsp3) is 0.500. The molecular weight excluding hydrogens is 268 g/mol. The van der Waals surface area contributed by atoms with Crippen LogP contribution in [0.4, 0.5) is 0 Å². The highest BCUT2D eigenvalue weighted by Crippen LogP contribution is 1.90. The Hall–Kier alpha value is -0.100. The summed E-state index contributed by atoms with van der Waals surface area (Å²) in [5.41, 5.74) is 0. The van der Waals surface area contributed by atoms with Crippen molar-refractivity contribution in [3.63, 3.8) is 0 Å². The minimum atomic E-state index is -0.212. The predicted molar refractivity (Wildman–Crippen MR) is 43.4 cm³/mol. The molecule has 0 rings (SSSR count). The highest BCUT2D eigenvalue weighted by molar-refractivity contribution is 9.08. The number of rotatable bonds is 3. The van der Waals surface area contributed by atoms with Gasteiger partial charge >= 0.3 is 0 Å². The molecule has 2 N–H and O–H groups in total. The predicted octanol–water partition coefficient (Wildman–Crippen LogP) is 0.619. The van der Waals surface area contributed by atoms with Crippen LogP contribution in [0, 0.1) is 0 Å². The fourth-order valence-corrected chi connectivity index (χ4v) is 0.718. The number of nitrogens with one attached hydrogen (secondary N) is 2. The van der Waals surface area contributed by atoms with Crippen molar-refractivity contribution in [2.75, 3.05) is 0 Å². The molecule has 0 bridgehead atoms.